The molecule has 1 unspecified atom stereocenters. The average Bonchev–Trinajstić information content (AvgIpc) is 2.93. The second-order valence-electron chi connectivity index (χ2n) is 5.67. The number of hydrogen-bond donors (Lipinski definition) is 1. The summed E-state index contributed by atoms with van der Waals surface area (Å²) in [4.78, 5) is 24.9. The van der Waals surface area contributed by atoms with Crippen LogP contribution in [-0.2, 0) is 9.47 Å². The Balaban J connectivity index is 1.54. The predicted octanol–water partition coefficient (Wildman–Crippen LogP) is 0.872. The highest BCUT2D eigenvalue weighted by molar-refractivity contribution is 5.89. The van der Waals surface area contributed by atoms with Gasteiger partial charge >= 0.3 is 12.1 Å². The van der Waals surface area contributed by atoms with E-state index in [9.17, 15) is 9.59 Å². The summed E-state index contributed by atoms with van der Waals surface area (Å²) < 4.78 is 10.6. The van der Waals surface area contributed by atoms with Gasteiger partial charge < -0.3 is 14.6 Å². The maximum Gasteiger partial charge on any atom is 0.430 e. The van der Waals surface area contributed by atoms with E-state index in [1.165, 1.54) is 23.4 Å². The molecule has 0 saturated carbocycles. The Morgan fingerprint density at radius 1 is 1.29 bits per heavy atom. The molecule has 1 N–H and O–H groups in total. The van der Waals surface area contributed by atoms with Crippen molar-refractivity contribution in [2.75, 3.05) is 39.4 Å². The van der Waals surface area contributed by atoms with Gasteiger partial charge in [0.25, 0.3) is 0 Å². The highest BCUT2D eigenvalue weighted by Crippen LogP contribution is 2.14. The Labute approximate surface area is 139 Å². The second-order valence-corrected chi connectivity index (χ2v) is 5.67. The zero-order chi connectivity index (χ0) is 16.9. The average molecular weight is 333 g/mol. The molecule has 128 valence electrons. The highest BCUT2D eigenvalue weighted by Gasteiger charge is 2.32. The zero-order valence-corrected chi connectivity index (χ0v) is 13.1. The number of amides is 1. The monoisotopic (exact) mass is 333 g/mol. The second kappa shape index (κ2) is 7.41. The molecule has 2 aliphatic heterocycles. The Kier molecular flexibility index (Phi) is 5.07. The number of ether oxygens (including phenoxy) is 2. The lowest BCUT2D eigenvalue weighted by molar-refractivity contribution is 0.0188. The standard InChI is InChI=1S/C16H19N3O5/c20-15(21)13-3-1-12(2-4-13)9-17-19-11-14(24-16(19)22)10-18-5-7-23-8-6-18/h1-4,9,14H,5-8,10-11H2,(H,20,21). The molecule has 0 aromatic heterocycles. The normalized spacial score (nSPS) is 22.1. The van der Waals surface area contributed by atoms with Gasteiger partial charge in [-0.1, -0.05) is 12.1 Å². The minimum absolute atomic E-state index is 0.206. The molecule has 1 atom stereocenters. The van der Waals surface area contributed by atoms with Crippen LogP contribution in [0.2, 0.25) is 0 Å². The third-order valence-corrected chi connectivity index (χ3v) is 3.92. The number of carboxylic acid groups (broad SMARTS) is 1. The molecule has 8 nitrogen and oxygen atoms in total. The van der Waals surface area contributed by atoms with Crippen LogP contribution >= 0.6 is 0 Å². The van der Waals surface area contributed by atoms with Crippen LogP contribution < -0.4 is 0 Å². The Bertz CT molecular complexity index is 625. The molecule has 1 aromatic carbocycles. The van der Waals surface area contributed by atoms with Crippen LogP contribution in [0.15, 0.2) is 29.4 Å². The smallest absolute Gasteiger partial charge is 0.430 e. The number of carboxylic acids is 1. The summed E-state index contributed by atoms with van der Waals surface area (Å²) in [5.74, 6) is -0.979. The molecule has 0 aliphatic carbocycles. The van der Waals surface area contributed by atoms with Crippen molar-refractivity contribution in [2.24, 2.45) is 5.10 Å². The highest BCUT2D eigenvalue weighted by atomic mass is 16.6. The van der Waals surface area contributed by atoms with E-state index in [0.29, 0.717) is 31.9 Å². The van der Waals surface area contributed by atoms with Gasteiger partial charge in [0.15, 0.2) is 0 Å². The number of cyclic esters (lactones) is 1. The van der Waals surface area contributed by atoms with Crippen LogP contribution in [0.4, 0.5) is 4.79 Å². The maximum atomic E-state index is 11.9. The van der Waals surface area contributed by atoms with Gasteiger partial charge in [-0.05, 0) is 17.7 Å². The number of aromatic carboxylic acids is 1. The Morgan fingerprint density at radius 3 is 2.67 bits per heavy atom. The number of morpholine rings is 1. The van der Waals surface area contributed by atoms with E-state index >= 15 is 0 Å². The topological polar surface area (TPSA) is 91.7 Å². The van der Waals surface area contributed by atoms with Gasteiger partial charge in [-0.25, -0.2) is 9.59 Å². The maximum absolute atomic E-state index is 11.9. The Hall–Kier alpha value is -2.45. The van der Waals surface area contributed by atoms with Crippen molar-refractivity contribution in [3.8, 4) is 0 Å². The minimum atomic E-state index is -0.979. The molecule has 8 heteroatoms. The van der Waals surface area contributed by atoms with Crippen molar-refractivity contribution in [2.45, 2.75) is 6.10 Å². The van der Waals surface area contributed by atoms with Crippen molar-refractivity contribution < 1.29 is 24.2 Å². The molecule has 0 spiro atoms. The number of hydrazone groups is 1. The lowest BCUT2D eigenvalue weighted by Crippen LogP contribution is -2.41. The van der Waals surface area contributed by atoms with Gasteiger partial charge in [-0.3, -0.25) is 4.90 Å². The van der Waals surface area contributed by atoms with E-state index in [0.717, 1.165) is 13.1 Å². The summed E-state index contributed by atoms with van der Waals surface area (Å²) in [5, 5.41) is 14.3. The van der Waals surface area contributed by atoms with Gasteiger partial charge in [0, 0.05) is 19.6 Å². The minimum Gasteiger partial charge on any atom is -0.478 e. The number of carbonyl (C=O) groups is 2. The summed E-state index contributed by atoms with van der Waals surface area (Å²) in [6.45, 7) is 4.17. The van der Waals surface area contributed by atoms with Crippen LogP contribution in [-0.4, -0.2) is 78.8 Å². The summed E-state index contributed by atoms with van der Waals surface area (Å²) in [5.41, 5.74) is 0.919. The quantitative estimate of drug-likeness (QED) is 0.804. The van der Waals surface area contributed by atoms with Crippen molar-refractivity contribution in [1.29, 1.82) is 0 Å². The van der Waals surface area contributed by atoms with E-state index in [-0.39, 0.29) is 11.7 Å². The summed E-state index contributed by atoms with van der Waals surface area (Å²) in [6.07, 6.45) is 0.845. The Morgan fingerprint density at radius 2 is 2.00 bits per heavy atom. The molecule has 2 fully saturated rings. The number of nitrogens with zero attached hydrogens (tertiary/aromatic N) is 3. The third kappa shape index (κ3) is 4.09. The molecular weight excluding hydrogens is 314 g/mol. The van der Waals surface area contributed by atoms with Crippen LogP contribution in [0, 0.1) is 0 Å². The predicted molar refractivity (Wildman–Crippen MR) is 85.2 cm³/mol. The fraction of sp³-hybridized carbons (Fsp3) is 0.438. The molecule has 0 bridgehead atoms. The first-order chi connectivity index (χ1) is 11.6. The van der Waals surface area contributed by atoms with E-state index in [2.05, 4.69) is 10.0 Å². The molecule has 3 rings (SSSR count). The van der Waals surface area contributed by atoms with E-state index in [4.69, 9.17) is 14.6 Å². The van der Waals surface area contributed by atoms with Gasteiger partial charge in [-0.2, -0.15) is 10.1 Å². The first-order valence-electron chi connectivity index (χ1n) is 7.77. The molecule has 0 radical (unpaired) electrons. The fourth-order valence-corrected chi connectivity index (χ4v) is 2.62. The molecule has 1 aromatic rings. The van der Waals surface area contributed by atoms with Crippen LogP contribution in [0.1, 0.15) is 15.9 Å². The zero-order valence-electron chi connectivity index (χ0n) is 13.1. The third-order valence-electron chi connectivity index (χ3n) is 3.92. The van der Waals surface area contributed by atoms with Gasteiger partial charge in [0.1, 0.15) is 6.10 Å². The van der Waals surface area contributed by atoms with Crippen molar-refractivity contribution >= 4 is 18.3 Å². The molecule has 2 heterocycles. The van der Waals surface area contributed by atoms with Crippen molar-refractivity contribution in [3.05, 3.63) is 35.4 Å². The van der Waals surface area contributed by atoms with E-state index in [1.54, 1.807) is 12.1 Å². The molecule has 2 aliphatic rings. The fourth-order valence-electron chi connectivity index (χ4n) is 2.62. The van der Waals surface area contributed by atoms with Gasteiger partial charge in [0.2, 0.25) is 0 Å². The number of hydrogen-bond acceptors (Lipinski definition) is 6. The van der Waals surface area contributed by atoms with Gasteiger partial charge in [-0.15, -0.1) is 0 Å². The first-order valence-corrected chi connectivity index (χ1v) is 7.77. The molecule has 1 amide bonds. The molecule has 2 saturated heterocycles. The summed E-state index contributed by atoms with van der Waals surface area (Å²) in [6, 6.07) is 6.26. The number of rotatable bonds is 5. The van der Waals surface area contributed by atoms with E-state index < -0.39 is 12.1 Å². The largest absolute Gasteiger partial charge is 0.478 e. The summed E-state index contributed by atoms with van der Waals surface area (Å²) >= 11 is 0. The lowest BCUT2D eigenvalue weighted by Gasteiger charge is -2.27. The van der Waals surface area contributed by atoms with Crippen molar-refractivity contribution in [1.82, 2.24) is 9.91 Å². The van der Waals surface area contributed by atoms with Crippen LogP contribution in [0.5, 0.6) is 0 Å². The van der Waals surface area contributed by atoms with Crippen LogP contribution in [0.25, 0.3) is 0 Å². The number of benzene rings is 1. The van der Waals surface area contributed by atoms with Gasteiger partial charge in [0.05, 0.1) is 31.5 Å². The molecule has 24 heavy (non-hydrogen) atoms. The van der Waals surface area contributed by atoms with Crippen molar-refractivity contribution in [3.63, 3.8) is 0 Å². The first kappa shape index (κ1) is 16.4. The molecular formula is C16H19N3O5. The SMILES string of the molecule is O=C(O)c1ccc(C=NN2CC(CN3CCOCC3)OC2=O)cc1. The number of carbonyl (C=O) groups excluding carboxylic acids is 1. The van der Waals surface area contributed by atoms with E-state index in [1.807, 2.05) is 0 Å². The van der Waals surface area contributed by atoms with Crippen LogP contribution in [0.3, 0.4) is 0 Å². The lowest BCUT2D eigenvalue weighted by atomic mass is 10.1. The summed E-state index contributed by atoms with van der Waals surface area (Å²) in [7, 11) is 0.